The van der Waals surface area contributed by atoms with Gasteiger partial charge in [-0.1, -0.05) is 63.6 Å². The second-order valence-electron chi connectivity index (χ2n) is 8.79. The molecule has 2 unspecified atom stereocenters. The Hall–Kier alpha value is -1.56. The highest BCUT2D eigenvalue weighted by Gasteiger charge is 2.32. The lowest BCUT2D eigenvalue weighted by Crippen LogP contribution is -2.26. The van der Waals surface area contributed by atoms with E-state index in [1.807, 2.05) is 0 Å². The zero-order valence-corrected chi connectivity index (χ0v) is 17.0. The molecule has 2 atom stereocenters. The number of hydrogen-bond donors (Lipinski definition) is 0. The summed E-state index contributed by atoms with van der Waals surface area (Å²) in [6.45, 7) is 20.7. The molecule has 130 valence electrons. The Morgan fingerprint density at radius 2 is 1.21 bits per heavy atom. The van der Waals surface area contributed by atoms with E-state index in [1.165, 1.54) is 38.9 Å². The molecule has 0 saturated heterocycles. The molecule has 0 fully saturated rings. The van der Waals surface area contributed by atoms with Crippen molar-refractivity contribution < 1.29 is 0 Å². The normalized spacial score (nSPS) is 14.5. The Morgan fingerprint density at radius 1 is 0.667 bits per heavy atom. The first-order chi connectivity index (χ1) is 11.0. The maximum absolute atomic E-state index is 2.43. The quantitative estimate of drug-likeness (QED) is 0.568. The van der Waals surface area contributed by atoms with Crippen molar-refractivity contribution in [2.24, 2.45) is 11.3 Å². The molecule has 0 saturated carbocycles. The van der Waals surface area contributed by atoms with Crippen LogP contribution >= 0.6 is 0 Å². The van der Waals surface area contributed by atoms with Crippen LogP contribution in [0.2, 0.25) is 0 Å². The van der Waals surface area contributed by atoms with Gasteiger partial charge in [0.05, 0.1) is 0 Å². The van der Waals surface area contributed by atoms with Gasteiger partial charge in [-0.3, -0.25) is 0 Å². The minimum Gasteiger partial charge on any atom is -0.0611 e. The van der Waals surface area contributed by atoms with Crippen LogP contribution in [0.3, 0.4) is 0 Å². The van der Waals surface area contributed by atoms with Crippen molar-refractivity contribution in [2.45, 2.75) is 68.2 Å². The fourth-order valence-electron chi connectivity index (χ4n) is 3.62. The van der Waals surface area contributed by atoms with Crippen molar-refractivity contribution >= 4 is 0 Å². The molecule has 2 rings (SSSR count). The topological polar surface area (TPSA) is 0 Å². The van der Waals surface area contributed by atoms with E-state index < -0.39 is 0 Å². The molecule has 0 aromatic heterocycles. The fraction of sp³-hybridized carbons (Fsp3) is 0.500. The van der Waals surface area contributed by atoms with Gasteiger partial charge < -0.3 is 0 Å². The second-order valence-corrected chi connectivity index (χ2v) is 8.79. The summed E-state index contributed by atoms with van der Waals surface area (Å²) in [6.07, 6.45) is 0. The minimum absolute atomic E-state index is 0.256. The van der Waals surface area contributed by atoms with Crippen molar-refractivity contribution in [1.29, 1.82) is 0 Å². The highest BCUT2D eigenvalue weighted by Crippen LogP contribution is 2.44. The largest absolute Gasteiger partial charge is 0.0611 e. The van der Waals surface area contributed by atoms with Crippen molar-refractivity contribution in [3.8, 4) is 0 Å². The first kappa shape index (κ1) is 18.8. The van der Waals surface area contributed by atoms with Crippen LogP contribution in [-0.4, -0.2) is 0 Å². The molecule has 2 aromatic carbocycles. The van der Waals surface area contributed by atoms with Gasteiger partial charge in [-0.25, -0.2) is 0 Å². The third-order valence-corrected chi connectivity index (χ3v) is 5.85. The van der Waals surface area contributed by atoms with Crippen LogP contribution in [-0.2, 0) is 0 Å². The Balaban J connectivity index is 2.73. The predicted molar refractivity (Wildman–Crippen MR) is 107 cm³/mol. The summed E-state index contributed by atoms with van der Waals surface area (Å²) in [4.78, 5) is 0. The van der Waals surface area contributed by atoms with Crippen LogP contribution in [0.25, 0.3) is 0 Å². The predicted octanol–water partition coefficient (Wildman–Crippen LogP) is 7.04. The molecule has 24 heavy (non-hydrogen) atoms. The number of rotatable bonds is 3. The van der Waals surface area contributed by atoms with Crippen LogP contribution in [0.4, 0.5) is 0 Å². The Morgan fingerprint density at radius 3 is 1.79 bits per heavy atom. The molecule has 0 aliphatic carbocycles. The molecule has 0 heterocycles. The second kappa shape index (κ2) is 6.75. The third kappa shape index (κ3) is 3.74. The van der Waals surface area contributed by atoms with E-state index in [9.17, 15) is 0 Å². The monoisotopic (exact) mass is 322 g/mol. The molecular formula is C24H34. The van der Waals surface area contributed by atoms with Crippen molar-refractivity contribution in [1.82, 2.24) is 0 Å². The minimum atomic E-state index is 0.256. The standard InChI is InChI=1S/C24H34/c1-15-10-11-16(2)21(12-15)23(20(6)24(7,8)9)22-14-18(4)17(3)13-19(22)5/h10-14,20,23H,1-9H3. The van der Waals surface area contributed by atoms with Gasteiger partial charge >= 0.3 is 0 Å². The van der Waals surface area contributed by atoms with Crippen LogP contribution in [0.1, 0.15) is 72.6 Å². The fourth-order valence-corrected chi connectivity index (χ4v) is 3.62. The van der Waals surface area contributed by atoms with E-state index in [-0.39, 0.29) is 5.41 Å². The summed E-state index contributed by atoms with van der Waals surface area (Å²) in [7, 11) is 0. The Labute approximate surface area is 149 Å². The highest BCUT2D eigenvalue weighted by atomic mass is 14.4. The van der Waals surface area contributed by atoms with Crippen LogP contribution in [0, 0.1) is 46.0 Å². The maximum atomic E-state index is 2.43. The molecular weight excluding hydrogens is 288 g/mol. The van der Waals surface area contributed by atoms with Gasteiger partial charge in [0.2, 0.25) is 0 Å². The summed E-state index contributed by atoms with van der Waals surface area (Å²) in [5, 5.41) is 0. The maximum Gasteiger partial charge on any atom is 0.0125 e. The lowest BCUT2D eigenvalue weighted by atomic mass is 9.67. The van der Waals surface area contributed by atoms with Gasteiger partial charge in [0.25, 0.3) is 0 Å². The molecule has 0 amide bonds. The van der Waals surface area contributed by atoms with Gasteiger partial charge in [-0.05, 0) is 79.3 Å². The molecule has 0 spiro atoms. The van der Waals surface area contributed by atoms with E-state index in [0.29, 0.717) is 11.8 Å². The Bertz CT molecular complexity index is 728. The molecule has 0 aliphatic heterocycles. The summed E-state index contributed by atoms with van der Waals surface area (Å²) >= 11 is 0. The number of hydrogen-bond acceptors (Lipinski definition) is 0. The summed E-state index contributed by atoms with van der Waals surface area (Å²) in [6, 6.07) is 11.7. The van der Waals surface area contributed by atoms with E-state index in [0.717, 1.165) is 0 Å². The Kier molecular flexibility index (Phi) is 5.28. The van der Waals surface area contributed by atoms with Gasteiger partial charge in [0.15, 0.2) is 0 Å². The van der Waals surface area contributed by atoms with E-state index >= 15 is 0 Å². The van der Waals surface area contributed by atoms with Gasteiger partial charge in [0, 0.05) is 5.92 Å². The zero-order chi connectivity index (χ0) is 18.2. The van der Waals surface area contributed by atoms with Gasteiger partial charge in [0.1, 0.15) is 0 Å². The van der Waals surface area contributed by atoms with Crippen LogP contribution in [0.5, 0.6) is 0 Å². The molecule has 0 nitrogen and oxygen atoms in total. The van der Waals surface area contributed by atoms with Gasteiger partial charge in [-0.15, -0.1) is 0 Å². The highest BCUT2D eigenvalue weighted by molar-refractivity contribution is 5.46. The average Bonchev–Trinajstić information content (AvgIpc) is 2.47. The average molecular weight is 323 g/mol. The summed E-state index contributed by atoms with van der Waals surface area (Å²) < 4.78 is 0. The molecule has 0 bridgehead atoms. The third-order valence-electron chi connectivity index (χ3n) is 5.85. The summed E-state index contributed by atoms with van der Waals surface area (Å²) in [5.74, 6) is 0.989. The van der Waals surface area contributed by atoms with Gasteiger partial charge in [-0.2, -0.15) is 0 Å². The SMILES string of the molecule is Cc1ccc(C)c(C(c2cc(C)c(C)cc2C)C(C)C(C)(C)C)c1. The van der Waals surface area contributed by atoms with Crippen molar-refractivity contribution in [3.63, 3.8) is 0 Å². The molecule has 2 aromatic rings. The van der Waals surface area contributed by atoms with E-state index in [2.05, 4.69) is 92.6 Å². The lowest BCUT2D eigenvalue weighted by molar-refractivity contribution is 0.236. The first-order valence-corrected chi connectivity index (χ1v) is 9.17. The van der Waals surface area contributed by atoms with Crippen LogP contribution in [0.15, 0.2) is 30.3 Å². The zero-order valence-electron chi connectivity index (χ0n) is 17.0. The number of benzene rings is 2. The van der Waals surface area contributed by atoms with Crippen molar-refractivity contribution in [3.05, 3.63) is 69.3 Å². The molecule has 0 heteroatoms. The first-order valence-electron chi connectivity index (χ1n) is 9.17. The smallest absolute Gasteiger partial charge is 0.0125 e. The lowest BCUT2D eigenvalue weighted by Gasteiger charge is -2.37. The number of aryl methyl sites for hydroxylation is 5. The molecule has 0 aliphatic rings. The molecule has 0 radical (unpaired) electrons. The summed E-state index contributed by atoms with van der Waals surface area (Å²) in [5.41, 5.74) is 10.2. The van der Waals surface area contributed by atoms with Crippen molar-refractivity contribution in [2.75, 3.05) is 0 Å². The van der Waals surface area contributed by atoms with E-state index in [4.69, 9.17) is 0 Å². The van der Waals surface area contributed by atoms with Crippen LogP contribution < -0.4 is 0 Å². The molecule has 0 N–H and O–H groups in total. The van der Waals surface area contributed by atoms with E-state index in [1.54, 1.807) is 0 Å².